The molecule has 0 amide bonds. The van der Waals surface area contributed by atoms with Crippen LogP contribution >= 0.6 is 23.2 Å². The molecular formula is C16H8Cl2FN3. The molecule has 0 radical (unpaired) electrons. The number of rotatable bonds is 2. The Kier molecular flexibility index (Phi) is 3.84. The predicted molar refractivity (Wildman–Crippen MR) is 86.2 cm³/mol. The number of anilines is 2. The van der Waals surface area contributed by atoms with Gasteiger partial charge in [0, 0.05) is 5.39 Å². The first kappa shape index (κ1) is 14.6. The van der Waals surface area contributed by atoms with Crippen LogP contribution in [0.2, 0.25) is 10.0 Å². The normalized spacial score (nSPS) is 10.5. The molecule has 3 aromatic rings. The molecule has 0 saturated carbocycles. The van der Waals surface area contributed by atoms with Crippen LogP contribution in [0.3, 0.4) is 0 Å². The second-order valence-electron chi connectivity index (χ2n) is 4.52. The van der Waals surface area contributed by atoms with Gasteiger partial charge < -0.3 is 5.32 Å². The van der Waals surface area contributed by atoms with Gasteiger partial charge in [-0.25, -0.2) is 9.37 Å². The Morgan fingerprint density at radius 1 is 1.09 bits per heavy atom. The monoisotopic (exact) mass is 331 g/mol. The number of fused-ring (bicyclic) bond motifs is 1. The minimum absolute atomic E-state index is 0.100. The molecular weight excluding hydrogens is 324 g/mol. The number of hydrogen-bond donors (Lipinski definition) is 1. The van der Waals surface area contributed by atoms with Gasteiger partial charge in [0.2, 0.25) is 0 Å². The maximum absolute atomic E-state index is 13.9. The van der Waals surface area contributed by atoms with E-state index in [1.54, 1.807) is 30.3 Å². The van der Waals surface area contributed by atoms with Crippen molar-refractivity contribution in [3.8, 4) is 6.07 Å². The molecule has 1 N–H and O–H groups in total. The summed E-state index contributed by atoms with van der Waals surface area (Å²) in [6.45, 7) is 0. The zero-order valence-electron chi connectivity index (χ0n) is 11.1. The highest BCUT2D eigenvalue weighted by Gasteiger charge is 2.12. The summed E-state index contributed by atoms with van der Waals surface area (Å²) in [6.07, 6.45) is 0. The van der Waals surface area contributed by atoms with Crippen molar-refractivity contribution in [2.75, 3.05) is 5.32 Å². The van der Waals surface area contributed by atoms with Gasteiger partial charge in [-0.15, -0.1) is 0 Å². The van der Waals surface area contributed by atoms with E-state index in [1.807, 2.05) is 6.07 Å². The van der Waals surface area contributed by atoms with Crippen LogP contribution in [0.25, 0.3) is 10.9 Å². The van der Waals surface area contributed by atoms with E-state index in [0.29, 0.717) is 26.8 Å². The summed E-state index contributed by atoms with van der Waals surface area (Å²) in [5, 5.41) is 13.5. The fraction of sp³-hybridized carbons (Fsp3) is 0. The highest BCUT2D eigenvalue weighted by molar-refractivity contribution is 6.39. The molecule has 0 atom stereocenters. The van der Waals surface area contributed by atoms with Crippen molar-refractivity contribution >= 4 is 45.5 Å². The second kappa shape index (κ2) is 5.80. The first-order valence-corrected chi connectivity index (χ1v) is 7.06. The molecule has 22 heavy (non-hydrogen) atoms. The van der Waals surface area contributed by atoms with Gasteiger partial charge in [0.05, 0.1) is 21.4 Å². The second-order valence-corrected chi connectivity index (χ2v) is 5.34. The van der Waals surface area contributed by atoms with Gasteiger partial charge >= 0.3 is 0 Å². The Bertz CT molecular complexity index is 899. The summed E-state index contributed by atoms with van der Waals surface area (Å²) in [6, 6.07) is 13.1. The zero-order chi connectivity index (χ0) is 15.7. The Balaban J connectivity index is 2.23. The van der Waals surface area contributed by atoms with Crippen LogP contribution < -0.4 is 5.32 Å². The lowest BCUT2D eigenvalue weighted by Crippen LogP contribution is -1.97. The fourth-order valence-corrected chi connectivity index (χ4v) is 2.62. The SMILES string of the molecule is N#Cc1cc(Nc2c(Cl)cccc2Cl)c2cccc(F)c2n1. The van der Waals surface area contributed by atoms with Crippen molar-refractivity contribution < 1.29 is 4.39 Å². The number of nitrogens with zero attached hydrogens (tertiary/aromatic N) is 2. The third kappa shape index (κ3) is 2.57. The summed E-state index contributed by atoms with van der Waals surface area (Å²) in [7, 11) is 0. The molecule has 1 heterocycles. The standard InChI is InChI=1S/C16H8Cl2FN3/c17-11-4-2-5-12(18)16(11)22-14-7-9(8-20)21-15-10(14)3-1-6-13(15)19/h1-7H,(H,21,22). The molecule has 3 rings (SSSR count). The third-order valence-corrected chi connectivity index (χ3v) is 3.76. The van der Waals surface area contributed by atoms with E-state index in [1.165, 1.54) is 12.1 Å². The highest BCUT2D eigenvalue weighted by atomic mass is 35.5. The van der Waals surface area contributed by atoms with E-state index < -0.39 is 5.82 Å². The lowest BCUT2D eigenvalue weighted by molar-refractivity contribution is 0.637. The van der Waals surface area contributed by atoms with E-state index in [9.17, 15) is 4.39 Å². The van der Waals surface area contributed by atoms with E-state index in [-0.39, 0.29) is 11.2 Å². The molecule has 108 valence electrons. The summed E-state index contributed by atoms with van der Waals surface area (Å²) >= 11 is 12.3. The summed E-state index contributed by atoms with van der Waals surface area (Å²) in [5.74, 6) is -0.497. The maximum atomic E-state index is 13.9. The Morgan fingerprint density at radius 3 is 2.45 bits per heavy atom. The van der Waals surface area contributed by atoms with Crippen LogP contribution in [0.4, 0.5) is 15.8 Å². The molecule has 2 aromatic carbocycles. The first-order valence-electron chi connectivity index (χ1n) is 6.30. The summed E-state index contributed by atoms with van der Waals surface area (Å²) in [4.78, 5) is 4.00. The summed E-state index contributed by atoms with van der Waals surface area (Å²) < 4.78 is 13.9. The van der Waals surface area contributed by atoms with Gasteiger partial charge in [-0.3, -0.25) is 0 Å². The largest absolute Gasteiger partial charge is 0.352 e. The number of benzene rings is 2. The minimum atomic E-state index is -0.497. The average Bonchev–Trinajstić information content (AvgIpc) is 2.51. The van der Waals surface area contributed by atoms with Crippen LogP contribution in [-0.4, -0.2) is 4.98 Å². The van der Waals surface area contributed by atoms with Crippen molar-refractivity contribution in [1.29, 1.82) is 5.26 Å². The van der Waals surface area contributed by atoms with Crippen molar-refractivity contribution in [1.82, 2.24) is 4.98 Å². The lowest BCUT2D eigenvalue weighted by Gasteiger charge is -2.13. The molecule has 0 bridgehead atoms. The Hall–Kier alpha value is -2.35. The van der Waals surface area contributed by atoms with Crippen molar-refractivity contribution in [2.24, 2.45) is 0 Å². The quantitative estimate of drug-likeness (QED) is 0.693. The van der Waals surface area contributed by atoms with Crippen LogP contribution in [0.1, 0.15) is 5.69 Å². The van der Waals surface area contributed by atoms with Gasteiger partial charge in [0.15, 0.2) is 0 Å². The molecule has 3 nitrogen and oxygen atoms in total. The smallest absolute Gasteiger partial charge is 0.149 e. The molecule has 0 aliphatic heterocycles. The molecule has 0 unspecified atom stereocenters. The van der Waals surface area contributed by atoms with Crippen LogP contribution in [0.15, 0.2) is 42.5 Å². The molecule has 0 aliphatic rings. The molecule has 6 heteroatoms. The van der Waals surface area contributed by atoms with Crippen LogP contribution in [0, 0.1) is 17.1 Å². The number of aromatic nitrogens is 1. The zero-order valence-corrected chi connectivity index (χ0v) is 12.6. The number of nitrogens with one attached hydrogen (secondary N) is 1. The molecule has 0 saturated heterocycles. The summed E-state index contributed by atoms with van der Waals surface area (Å²) in [5.41, 5.74) is 1.22. The topological polar surface area (TPSA) is 48.7 Å². The average molecular weight is 332 g/mol. The number of hydrogen-bond acceptors (Lipinski definition) is 3. The molecule has 0 fully saturated rings. The maximum Gasteiger partial charge on any atom is 0.149 e. The number of pyridine rings is 1. The van der Waals surface area contributed by atoms with Gasteiger partial charge in [-0.1, -0.05) is 41.4 Å². The molecule has 0 spiro atoms. The minimum Gasteiger partial charge on any atom is -0.352 e. The number of nitriles is 1. The Morgan fingerprint density at radius 2 is 1.77 bits per heavy atom. The number of halogens is 3. The van der Waals surface area contributed by atoms with Crippen molar-refractivity contribution in [3.05, 3.63) is 64.0 Å². The van der Waals surface area contributed by atoms with E-state index in [4.69, 9.17) is 28.5 Å². The van der Waals surface area contributed by atoms with E-state index >= 15 is 0 Å². The predicted octanol–water partition coefficient (Wildman–Crippen LogP) is 5.30. The Labute approximate surface area is 135 Å². The fourth-order valence-electron chi connectivity index (χ4n) is 2.13. The third-order valence-electron chi connectivity index (χ3n) is 3.13. The van der Waals surface area contributed by atoms with E-state index in [2.05, 4.69) is 10.3 Å². The highest BCUT2D eigenvalue weighted by Crippen LogP contribution is 2.35. The lowest BCUT2D eigenvalue weighted by atomic mass is 10.1. The van der Waals surface area contributed by atoms with Crippen LogP contribution in [0.5, 0.6) is 0 Å². The van der Waals surface area contributed by atoms with Crippen LogP contribution in [-0.2, 0) is 0 Å². The molecule has 0 aliphatic carbocycles. The molecule has 1 aromatic heterocycles. The van der Waals surface area contributed by atoms with Gasteiger partial charge in [-0.05, 0) is 24.3 Å². The van der Waals surface area contributed by atoms with Gasteiger partial charge in [-0.2, -0.15) is 5.26 Å². The van der Waals surface area contributed by atoms with Crippen molar-refractivity contribution in [3.63, 3.8) is 0 Å². The van der Waals surface area contributed by atoms with Gasteiger partial charge in [0.1, 0.15) is 23.1 Å². The van der Waals surface area contributed by atoms with Gasteiger partial charge in [0.25, 0.3) is 0 Å². The number of para-hydroxylation sites is 2. The first-order chi connectivity index (χ1) is 10.6. The van der Waals surface area contributed by atoms with Crippen molar-refractivity contribution in [2.45, 2.75) is 0 Å². The van der Waals surface area contributed by atoms with E-state index in [0.717, 1.165) is 0 Å².